The average Bonchev–Trinajstić information content (AvgIpc) is 2.36. The minimum Gasteiger partial charge on any atom is -0.330 e. The van der Waals surface area contributed by atoms with Crippen molar-refractivity contribution in [2.45, 2.75) is 40.0 Å². The summed E-state index contributed by atoms with van der Waals surface area (Å²) in [6.45, 7) is 7.30. The van der Waals surface area contributed by atoms with Crippen LogP contribution < -0.4 is 11.1 Å². The number of hydrogen-bond donors (Lipinski definition) is 2. The quantitative estimate of drug-likeness (QED) is 0.816. The summed E-state index contributed by atoms with van der Waals surface area (Å²) in [5.74, 6) is 0.528. The number of anilines is 1. The van der Waals surface area contributed by atoms with E-state index in [9.17, 15) is 4.79 Å². The maximum atomic E-state index is 12.0. The lowest BCUT2D eigenvalue weighted by Gasteiger charge is -2.30. The van der Waals surface area contributed by atoms with Crippen LogP contribution in [0.3, 0.4) is 0 Å². The first kappa shape index (κ1) is 17.2. The van der Waals surface area contributed by atoms with Crippen molar-refractivity contribution in [3.63, 3.8) is 0 Å². The van der Waals surface area contributed by atoms with Crippen LogP contribution in [0.5, 0.6) is 0 Å². The first-order valence-electron chi connectivity index (χ1n) is 7.09. The summed E-state index contributed by atoms with van der Waals surface area (Å²) in [4.78, 5) is 12.0. The van der Waals surface area contributed by atoms with Crippen LogP contribution >= 0.6 is 15.9 Å². The van der Waals surface area contributed by atoms with Crippen molar-refractivity contribution in [1.29, 1.82) is 0 Å². The molecule has 20 heavy (non-hydrogen) atoms. The summed E-state index contributed by atoms with van der Waals surface area (Å²) in [5.41, 5.74) is 6.68. The molecule has 1 aromatic carbocycles. The third kappa shape index (κ3) is 5.63. The van der Waals surface area contributed by atoms with Gasteiger partial charge in [-0.25, -0.2) is 0 Å². The highest BCUT2D eigenvalue weighted by atomic mass is 79.9. The van der Waals surface area contributed by atoms with Crippen molar-refractivity contribution >= 4 is 27.5 Å². The summed E-state index contributed by atoms with van der Waals surface area (Å²) in [6.07, 6.45) is 2.37. The molecular formula is C16H25BrN2O. The zero-order chi connectivity index (χ0) is 15.2. The molecule has 3 N–H and O–H groups in total. The van der Waals surface area contributed by atoms with Crippen LogP contribution in [0.15, 0.2) is 28.7 Å². The van der Waals surface area contributed by atoms with Crippen LogP contribution in [0.2, 0.25) is 0 Å². The van der Waals surface area contributed by atoms with Crippen LogP contribution in [0.25, 0.3) is 0 Å². The molecule has 0 aromatic heterocycles. The molecule has 0 aliphatic carbocycles. The van der Waals surface area contributed by atoms with E-state index in [1.807, 2.05) is 24.3 Å². The third-order valence-electron chi connectivity index (χ3n) is 3.61. The van der Waals surface area contributed by atoms with Gasteiger partial charge in [-0.15, -0.1) is 0 Å². The van der Waals surface area contributed by atoms with Crippen molar-refractivity contribution in [1.82, 2.24) is 0 Å². The lowest BCUT2D eigenvalue weighted by atomic mass is 9.76. The molecule has 0 aliphatic heterocycles. The fourth-order valence-electron chi connectivity index (χ4n) is 2.29. The predicted octanol–water partition coefficient (Wildman–Crippen LogP) is 4.18. The van der Waals surface area contributed by atoms with Gasteiger partial charge in [0, 0.05) is 10.9 Å². The van der Waals surface area contributed by atoms with Gasteiger partial charge < -0.3 is 11.1 Å². The number of hydrogen-bond acceptors (Lipinski definition) is 2. The maximum Gasteiger partial charge on any atom is 0.224 e. The molecule has 0 bridgehead atoms. The van der Waals surface area contributed by atoms with Gasteiger partial charge in [-0.05, 0) is 58.8 Å². The summed E-state index contributed by atoms with van der Waals surface area (Å²) in [6, 6.07) is 7.65. The van der Waals surface area contributed by atoms with Gasteiger partial charge in [0.2, 0.25) is 5.91 Å². The van der Waals surface area contributed by atoms with E-state index < -0.39 is 0 Å². The fourth-order valence-corrected chi connectivity index (χ4v) is 2.68. The SMILES string of the molecule is CC(C)(C)C(CCN)CCC(=O)Nc1ccccc1Br. The second-order valence-corrected chi connectivity index (χ2v) is 7.06. The zero-order valence-electron chi connectivity index (χ0n) is 12.6. The Bertz CT molecular complexity index is 440. The molecule has 0 saturated heterocycles. The van der Waals surface area contributed by atoms with E-state index in [0.717, 1.165) is 23.0 Å². The Labute approximate surface area is 130 Å². The number of carbonyl (C=O) groups excluding carboxylic acids is 1. The van der Waals surface area contributed by atoms with E-state index in [1.165, 1.54) is 0 Å². The van der Waals surface area contributed by atoms with Crippen LogP contribution in [-0.4, -0.2) is 12.5 Å². The van der Waals surface area contributed by atoms with Crippen LogP contribution in [-0.2, 0) is 4.79 Å². The monoisotopic (exact) mass is 340 g/mol. The van der Waals surface area contributed by atoms with Crippen molar-refractivity contribution in [3.05, 3.63) is 28.7 Å². The Hall–Kier alpha value is -0.870. The van der Waals surface area contributed by atoms with E-state index >= 15 is 0 Å². The van der Waals surface area contributed by atoms with Crippen LogP contribution in [0.1, 0.15) is 40.0 Å². The zero-order valence-corrected chi connectivity index (χ0v) is 14.2. The second-order valence-electron chi connectivity index (χ2n) is 6.21. The molecule has 1 aromatic rings. The summed E-state index contributed by atoms with van der Waals surface area (Å²) < 4.78 is 0.905. The molecular weight excluding hydrogens is 316 g/mol. The predicted molar refractivity (Wildman–Crippen MR) is 88.6 cm³/mol. The highest BCUT2D eigenvalue weighted by Crippen LogP contribution is 2.32. The second kappa shape index (κ2) is 7.79. The molecule has 0 fully saturated rings. The molecule has 0 radical (unpaired) electrons. The van der Waals surface area contributed by atoms with E-state index in [-0.39, 0.29) is 11.3 Å². The summed E-state index contributed by atoms with van der Waals surface area (Å²) in [5, 5.41) is 2.94. The molecule has 0 aliphatic rings. The summed E-state index contributed by atoms with van der Waals surface area (Å²) in [7, 11) is 0. The fraction of sp³-hybridized carbons (Fsp3) is 0.562. The van der Waals surface area contributed by atoms with Crippen LogP contribution in [0, 0.1) is 11.3 Å². The van der Waals surface area contributed by atoms with E-state index in [1.54, 1.807) is 0 Å². The van der Waals surface area contributed by atoms with E-state index in [4.69, 9.17) is 5.73 Å². The Morgan fingerprint density at radius 2 is 1.95 bits per heavy atom. The van der Waals surface area contributed by atoms with Gasteiger partial charge >= 0.3 is 0 Å². The lowest BCUT2D eigenvalue weighted by molar-refractivity contribution is -0.116. The molecule has 3 nitrogen and oxygen atoms in total. The van der Waals surface area contributed by atoms with Gasteiger partial charge in [0.25, 0.3) is 0 Å². The summed E-state index contributed by atoms with van der Waals surface area (Å²) >= 11 is 3.43. The average molecular weight is 341 g/mol. The molecule has 4 heteroatoms. The van der Waals surface area contributed by atoms with E-state index in [2.05, 4.69) is 42.0 Å². The van der Waals surface area contributed by atoms with Gasteiger partial charge in [-0.2, -0.15) is 0 Å². The normalized spacial score (nSPS) is 13.1. The van der Waals surface area contributed by atoms with Gasteiger partial charge in [-0.1, -0.05) is 32.9 Å². The lowest BCUT2D eigenvalue weighted by Crippen LogP contribution is -2.25. The number of rotatable bonds is 6. The third-order valence-corrected chi connectivity index (χ3v) is 4.30. The topological polar surface area (TPSA) is 55.1 Å². The molecule has 0 heterocycles. The molecule has 1 unspecified atom stereocenters. The number of carbonyl (C=O) groups is 1. The van der Waals surface area contributed by atoms with Gasteiger partial charge in [0.1, 0.15) is 0 Å². The number of para-hydroxylation sites is 1. The smallest absolute Gasteiger partial charge is 0.224 e. The number of nitrogens with one attached hydrogen (secondary N) is 1. The number of benzene rings is 1. The van der Waals surface area contributed by atoms with Crippen molar-refractivity contribution in [3.8, 4) is 0 Å². The first-order valence-corrected chi connectivity index (χ1v) is 7.88. The Morgan fingerprint density at radius 3 is 2.50 bits per heavy atom. The van der Waals surface area contributed by atoms with Crippen molar-refractivity contribution in [2.75, 3.05) is 11.9 Å². The highest BCUT2D eigenvalue weighted by Gasteiger charge is 2.24. The van der Waals surface area contributed by atoms with Crippen LogP contribution in [0.4, 0.5) is 5.69 Å². The standard InChI is InChI=1S/C16H25BrN2O/c1-16(2,3)12(10-11-18)8-9-15(20)19-14-7-5-4-6-13(14)17/h4-7,12H,8-11,18H2,1-3H3,(H,19,20). The van der Waals surface area contributed by atoms with Crippen molar-refractivity contribution < 1.29 is 4.79 Å². The molecule has 0 saturated carbocycles. The highest BCUT2D eigenvalue weighted by molar-refractivity contribution is 9.10. The Balaban J connectivity index is 2.52. The molecule has 1 atom stereocenters. The van der Waals surface area contributed by atoms with Crippen molar-refractivity contribution in [2.24, 2.45) is 17.1 Å². The Morgan fingerprint density at radius 1 is 1.30 bits per heavy atom. The minimum atomic E-state index is 0.0585. The number of amides is 1. The number of nitrogens with two attached hydrogens (primary N) is 1. The number of halogens is 1. The van der Waals surface area contributed by atoms with Gasteiger partial charge in [0.05, 0.1) is 5.69 Å². The first-order chi connectivity index (χ1) is 9.34. The van der Waals surface area contributed by atoms with E-state index in [0.29, 0.717) is 18.9 Å². The van der Waals surface area contributed by atoms with Gasteiger partial charge in [0.15, 0.2) is 0 Å². The minimum absolute atomic E-state index is 0.0585. The molecule has 1 amide bonds. The molecule has 0 spiro atoms. The molecule has 1 rings (SSSR count). The molecule has 112 valence electrons. The van der Waals surface area contributed by atoms with Gasteiger partial charge in [-0.3, -0.25) is 4.79 Å². The Kier molecular flexibility index (Phi) is 6.69. The maximum absolute atomic E-state index is 12.0. The largest absolute Gasteiger partial charge is 0.330 e.